The standard InChI is InChI=1S/C9H18NO3P/c1-8(2)13-14(3,12)7-10-6-4-5-9(10)11/h8H,4-7H2,1-3H3/t14-/m1/s1. The second-order valence-corrected chi connectivity index (χ2v) is 6.59. The molecule has 0 bridgehead atoms. The van der Waals surface area contributed by atoms with Gasteiger partial charge in [-0.1, -0.05) is 0 Å². The zero-order chi connectivity index (χ0) is 10.8. The first-order chi connectivity index (χ1) is 6.41. The highest BCUT2D eigenvalue weighted by Crippen LogP contribution is 2.45. The highest BCUT2D eigenvalue weighted by molar-refractivity contribution is 7.58. The molecule has 0 N–H and O–H groups in total. The molecule has 0 aromatic rings. The Morgan fingerprint density at radius 3 is 2.64 bits per heavy atom. The van der Waals surface area contributed by atoms with E-state index in [1.165, 1.54) is 0 Å². The van der Waals surface area contributed by atoms with E-state index in [1.807, 2.05) is 13.8 Å². The third kappa shape index (κ3) is 3.43. The van der Waals surface area contributed by atoms with Crippen LogP contribution in [-0.4, -0.2) is 36.4 Å². The number of hydrogen-bond acceptors (Lipinski definition) is 3. The van der Waals surface area contributed by atoms with E-state index in [2.05, 4.69) is 0 Å². The number of rotatable bonds is 4. The Bertz CT molecular complexity index is 265. The predicted molar refractivity (Wildman–Crippen MR) is 55.6 cm³/mol. The van der Waals surface area contributed by atoms with Gasteiger partial charge in [0.15, 0.2) is 0 Å². The number of nitrogens with zero attached hydrogens (tertiary/aromatic N) is 1. The number of amides is 1. The highest BCUT2D eigenvalue weighted by atomic mass is 31.2. The molecule has 1 aliphatic rings. The van der Waals surface area contributed by atoms with Gasteiger partial charge in [-0.2, -0.15) is 0 Å². The minimum absolute atomic E-state index is 0.0523. The summed E-state index contributed by atoms with van der Waals surface area (Å²) in [6, 6.07) is 0. The van der Waals surface area contributed by atoms with E-state index in [4.69, 9.17) is 4.52 Å². The van der Waals surface area contributed by atoms with Crippen molar-refractivity contribution >= 4 is 13.3 Å². The van der Waals surface area contributed by atoms with Crippen molar-refractivity contribution in [3.63, 3.8) is 0 Å². The van der Waals surface area contributed by atoms with E-state index >= 15 is 0 Å². The number of hydrogen-bond donors (Lipinski definition) is 0. The van der Waals surface area contributed by atoms with Crippen molar-refractivity contribution in [2.75, 3.05) is 19.5 Å². The van der Waals surface area contributed by atoms with E-state index in [0.717, 1.165) is 13.0 Å². The molecule has 14 heavy (non-hydrogen) atoms. The SMILES string of the molecule is CC(C)O[P@@](C)(=O)CN1CCCC1=O. The van der Waals surface area contributed by atoms with Gasteiger partial charge in [0, 0.05) is 19.6 Å². The average molecular weight is 219 g/mol. The van der Waals surface area contributed by atoms with Gasteiger partial charge in [-0.25, -0.2) is 0 Å². The maximum Gasteiger partial charge on any atom is 0.223 e. The fourth-order valence-corrected chi connectivity index (χ4v) is 3.52. The topological polar surface area (TPSA) is 46.6 Å². The molecule has 1 saturated heterocycles. The molecule has 1 aliphatic heterocycles. The summed E-state index contributed by atoms with van der Waals surface area (Å²) in [6.07, 6.45) is 1.68. The molecule has 1 fully saturated rings. The molecule has 0 aromatic heterocycles. The highest BCUT2D eigenvalue weighted by Gasteiger charge is 2.28. The van der Waals surface area contributed by atoms with Crippen LogP contribution in [0, 0.1) is 0 Å². The lowest BCUT2D eigenvalue weighted by Crippen LogP contribution is -2.26. The molecule has 0 aliphatic carbocycles. The summed E-state index contributed by atoms with van der Waals surface area (Å²) in [5.41, 5.74) is 0. The third-order valence-electron chi connectivity index (χ3n) is 2.03. The normalized spacial score (nSPS) is 21.7. The van der Waals surface area contributed by atoms with E-state index in [9.17, 15) is 9.36 Å². The lowest BCUT2D eigenvalue weighted by Gasteiger charge is -2.22. The van der Waals surface area contributed by atoms with Crippen LogP contribution in [-0.2, 0) is 13.9 Å². The molecule has 1 amide bonds. The zero-order valence-corrected chi connectivity index (χ0v) is 9.92. The van der Waals surface area contributed by atoms with Gasteiger partial charge in [0.1, 0.15) is 0 Å². The maximum atomic E-state index is 11.9. The molecule has 0 unspecified atom stereocenters. The van der Waals surface area contributed by atoms with Crippen molar-refractivity contribution in [2.24, 2.45) is 0 Å². The Balaban J connectivity index is 2.49. The molecular formula is C9H18NO3P. The largest absolute Gasteiger partial charge is 0.333 e. The van der Waals surface area contributed by atoms with Crippen LogP contribution < -0.4 is 0 Å². The van der Waals surface area contributed by atoms with Crippen LogP contribution in [0.15, 0.2) is 0 Å². The van der Waals surface area contributed by atoms with Crippen LogP contribution in [0.1, 0.15) is 26.7 Å². The number of carbonyl (C=O) groups is 1. The Kier molecular flexibility index (Phi) is 3.73. The molecule has 1 heterocycles. The van der Waals surface area contributed by atoms with Gasteiger partial charge in [0.2, 0.25) is 13.3 Å². The molecule has 1 atom stereocenters. The first-order valence-electron chi connectivity index (χ1n) is 4.93. The van der Waals surface area contributed by atoms with Crippen LogP contribution >= 0.6 is 7.37 Å². The summed E-state index contributed by atoms with van der Waals surface area (Å²) in [6.45, 7) is 6.01. The van der Waals surface area contributed by atoms with Gasteiger partial charge in [0.25, 0.3) is 0 Å². The van der Waals surface area contributed by atoms with Crippen LogP contribution in [0.2, 0.25) is 0 Å². The second-order valence-electron chi connectivity index (χ2n) is 4.07. The summed E-state index contributed by atoms with van der Waals surface area (Å²) in [5, 5.41) is 0. The van der Waals surface area contributed by atoms with Gasteiger partial charge in [-0.15, -0.1) is 0 Å². The van der Waals surface area contributed by atoms with Gasteiger partial charge in [0.05, 0.1) is 12.4 Å². The van der Waals surface area contributed by atoms with Crippen molar-refractivity contribution in [2.45, 2.75) is 32.8 Å². The summed E-state index contributed by atoms with van der Waals surface area (Å²) in [7, 11) is -2.63. The summed E-state index contributed by atoms with van der Waals surface area (Å²) >= 11 is 0. The summed E-state index contributed by atoms with van der Waals surface area (Å²) < 4.78 is 17.2. The van der Waals surface area contributed by atoms with Crippen LogP contribution in [0.5, 0.6) is 0 Å². The molecule has 5 heteroatoms. The number of likely N-dealkylation sites (tertiary alicyclic amines) is 1. The summed E-state index contributed by atoms with van der Waals surface area (Å²) in [5.74, 6) is 0.0967. The van der Waals surface area contributed by atoms with Gasteiger partial charge in [-0.05, 0) is 20.3 Å². The second kappa shape index (κ2) is 4.45. The minimum Gasteiger partial charge on any atom is -0.333 e. The van der Waals surface area contributed by atoms with E-state index in [1.54, 1.807) is 11.6 Å². The molecule has 4 nitrogen and oxygen atoms in total. The quantitative estimate of drug-likeness (QED) is 0.678. The number of carbonyl (C=O) groups excluding carboxylic acids is 1. The molecule has 0 aromatic carbocycles. The van der Waals surface area contributed by atoms with E-state index in [0.29, 0.717) is 6.42 Å². The first-order valence-corrected chi connectivity index (χ1v) is 7.19. The van der Waals surface area contributed by atoms with Crippen molar-refractivity contribution in [1.82, 2.24) is 4.90 Å². The van der Waals surface area contributed by atoms with Crippen LogP contribution in [0.25, 0.3) is 0 Å². The van der Waals surface area contributed by atoms with Crippen LogP contribution in [0.3, 0.4) is 0 Å². The van der Waals surface area contributed by atoms with Crippen molar-refractivity contribution in [3.8, 4) is 0 Å². The Labute approximate surface area is 85.1 Å². The zero-order valence-electron chi connectivity index (χ0n) is 9.02. The monoisotopic (exact) mass is 219 g/mol. The molecule has 82 valence electrons. The molecular weight excluding hydrogens is 201 g/mol. The van der Waals surface area contributed by atoms with E-state index in [-0.39, 0.29) is 18.3 Å². The molecule has 0 radical (unpaired) electrons. The Hall–Kier alpha value is -0.340. The maximum absolute atomic E-state index is 11.9. The minimum atomic E-state index is -2.63. The smallest absolute Gasteiger partial charge is 0.223 e. The van der Waals surface area contributed by atoms with Gasteiger partial charge in [-0.3, -0.25) is 9.36 Å². The Morgan fingerprint density at radius 1 is 1.57 bits per heavy atom. The average Bonchev–Trinajstić information content (AvgIpc) is 2.32. The lowest BCUT2D eigenvalue weighted by molar-refractivity contribution is -0.127. The Morgan fingerprint density at radius 2 is 2.21 bits per heavy atom. The predicted octanol–water partition coefficient (Wildman–Crippen LogP) is 1.90. The molecule has 0 saturated carbocycles. The van der Waals surface area contributed by atoms with Crippen molar-refractivity contribution in [3.05, 3.63) is 0 Å². The van der Waals surface area contributed by atoms with Gasteiger partial charge < -0.3 is 9.42 Å². The van der Waals surface area contributed by atoms with Gasteiger partial charge >= 0.3 is 0 Å². The van der Waals surface area contributed by atoms with Crippen molar-refractivity contribution < 1.29 is 13.9 Å². The lowest BCUT2D eigenvalue weighted by atomic mass is 10.4. The fraction of sp³-hybridized carbons (Fsp3) is 0.889. The first kappa shape index (κ1) is 11.7. The van der Waals surface area contributed by atoms with E-state index < -0.39 is 7.37 Å². The molecule has 1 rings (SSSR count). The van der Waals surface area contributed by atoms with Crippen LogP contribution in [0.4, 0.5) is 0 Å². The fourth-order valence-electron chi connectivity index (χ4n) is 1.64. The van der Waals surface area contributed by atoms with Crippen molar-refractivity contribution in [1.29, 1.82) is 0 Å². The summed E-state index contributed by atoms with van der Waals surface area (Å²) in [4.78, 5) is 12.9. The molecule has 0 spiro atoms. The third-order valence-corrected chi connectivity index (χ3v) is 3.76.